The molecule has 36 heavy (non-hydrogen) atoms. The molecule has 0 aliphatic heterocycles. The van der Waals surface area contributed by atoms with Crippen molar-refractivity contribution in [2.75, 3.05) is 12.4 Å². The fourth-order valence-electron chi connectivity index (χ4n) is 3.87. The van der Waals surface area contributed by atoms with Crippen molar-refractivity contribution in [3.8, 4) is 11.5 Å². The number of methoxy groups -OCH3 is 1. The summed E-state index contributed by atoms with van der Waals surface area (Å²) in [5.41, 5.74) is 4.12. The molecule has 0 bridgehead atoms. The first-order chi connectivity index (χ1) is 16.8. The van der Waals surface area contributed by atoms with Crippen LogP contribution >= 0.6 is 0 Å². The molecule has 0 fully saturated rings. The number of hydrogen-bond acceptors (Lipinski definition) is 4. The summed E-state index contributed by atoms with van der Waals surface area (Å²) >= 11 is 0. The zero-order valence-corrected chi connectivity index (χ0v) is 22.1. The predicted octanol–water partition coefficient (Wildman–Crippen LogP) is 7.14. The fraction of sp³-hybridized carbons (Fsp3) is 0.290. The van der Waals surface area contributed by atoms with Crippen LogP contribution in [0.4, 0.5) is 5.69 Å². The number of amides is 1. The van der Waals surface area contributed by atoms with E-state index in [0.29, 0.717) is 16.8 Å². The van der Waals surface area contributed by atoms with E-state index in [9.17, 15) is 14.7 Å². The van der Waals surface area contributed by atoms with Gasteiger partial charge in [-0.15, -0.1) is 0 Å². The van der Waals surface area contributed by atoms with Crippen LogP contribution in [0.15, 0.2) is 66.7 Å². The van der Waals surface area contributed by atoms with Crippen molar-refractivity contribution in [3.05, 3.63) is 94.6 Å². The van der Waals surface area contributed by atoms with E-state index in [1.165, 1.54) is 12.1 Å². The van der Waals surface area contributed by atoms with Gasteiger partial charge in [0.1, 0.15) is 11.5 Å². The molecule has 3 rings (SSSR count). The Labute approximate surface area is 213 Å². The van der Waals surface area contributed by atoms with Crippen LogP contribution in [0.2, 0.25) is 0 Å². The predicted molar refractivity (Wildman–Crippen MR) is 146 cm³/mol. The van der Waals surface area contributed by atoms with Crippen LogP contribution in [0.3, 0.4) is 0 Å². The topological polar surface area (TPSA) is 75.6 Å². The largest absolute Gasteiger partial charge is 0.508 e. The minimum absolute atomic E-state index is 0.0946. The summed E-state index contributed by atoms with van der Waals surface area (Å²) < 4.78 is 5.79. The van der Waals surface area contributed by atoms with Gasteiger partial charge in [0.2, 0.25) is 0 Å². The van der Waals surface area contributed by atoms with Gasteiger partial charge in [-0.2, -0.15) is 0 Å². The number of carbonyl (C=O) groups is 2. The highest BCUT2D eigenvalue weighted by Gasteiger charge is 2.28. The summed E-state index contributed by atoms with van der Waals surface area (Å²) in [5, 5.41) is 12.2. The maximum Gasteiger partial charge on any atom is 0.255 e. The summed E-state index contributed by atoms with van der Waals surface area (Å²) in [6, 6.07) is 17.2. The van der Waals surface area contributed by atoms with Crippen molar-refractivity contribution >= 4 is 23.5 Å². The molecule has 0 saturated heterocycles. The van der Waals surface area contributed by atoms with Crippen molar-refractivity contribution in [2.45, 2.75) is 52.4 Å². The first kappa shape index (κ1) is 26.7. The van der Waals surface area contributed by atoms with Gasteiger partial charge in [-0.25, -0.2) is 0 Å². The third-order valence-electron chi connectivity index (χ3n) is 5.92. The van der Waals surface area contributed by atoms with Gasteiger partial charge in [0.15, 0.2) is 5.78 Å². The van der Waals surface area contributed by atoms with Gasteiger partial charge in [-0.05, 0) is 71.0 Å². The highest BCUT2D eigenvalue weighted by atomic mass is 16.5. The van der Waals surface area contributed by atoms with Crippen LogP contribution < -0.4 is 10.1 Å². The molecule has 0 aliphatic carbocycles. The number of ketones is 1. The van der Waals surface area contributed by atoms with Crippen LogP contribution in [-0.4, -0.2) is 23.9 Å². The van der Waals surface area contributed by atoms with E-state index in [1.54, 1.807) is 55.7 Å². The van der Waals surface area contributed by atoms with E-state index in [-0.39, 0.29) is 28.3 Å². The molecule has 0 spiro atoms. The Hall–Kier alpha value is -3.86. The smallest absolute Gasteiger partial charge is 0.255 e. The summed E-state index contributed by atoms with van der Waals surface area (Å²) in [5.74, 6) is 0.618. The lowest BCUT2D eigenvalue weighted by Crippen LogP contribution is -2.20. The minimum atomic E-state index is -0.255. The van der Waals surface area contributed by atoms with E-state index in [0.717, 1.165) is 22.4 Å². The molecule has 1 amide bonds. The first-order valence-electron chi connectivity index (χ1n) is 12.0. The number of allylic oxidation sites excluding steroid dienone is 1. The number of anilines is 1. The normalized spacial score (nSPS) is 12.0. The zero-order chi connectivity index (χ0) is 26.7. The van der Waals surface area contributed by atoms with Gasteiger partial charge >= 0.3 is 0 Å². The molecular weight excluding hydrogens is 450 g/mol. The number of benzene rings is 3. The van der Waals surface area contributed by atoms with Crippen LogP contribution in [0.1, 0.15) is 78.9 Å². The SMILES string of the molecule is COc1c(C(C)(C)C)cc(C(=O)C=Cc2ccc(C(=O)Nc3ccc(O)cc3)cc2)cc1C(C)(C)C. The Bertz CT molecular complexity index is 1240. The van der Waals surface area contributed by atoms with Crippen LogP contribution in [0, 0.1) is 0 Å². The molecule has 0 aromatic heterocycles. The highest BCUT2D eigenvalue weighted by molar-refractivity contribution is 6.07. The molecule has 188 valence electrons. The number of phenolic OH excluding ortho intramolecular Hbond substituents is 1. The third kappa shape index (κ3) is 6.42. The Balaban J connectivity index is 1.82. The number of hydrogen-bond donors (Lipinski definition) is 2. The van der Waals surface area contributed by atoms with Gasteiger partial charge < -0.3 is 15.2 Å². The molecule has 5 nitrogen and oxygen atoms in total. The first-order valence-corrected chi connectivity index (χ1v) is 12.0. The van der Waals surface area contributed by atoms with Gasteiger partial charge in [-0.3, -0.25) is 9.59 Å². The van der Waals surface area contributed by atoms with Crippen LogP contribution in [0.5, 0.6) is 11.5 Å². The number of carbonyl (C=O) groups excluding carboxylic acids is 2. The van der Waals surface area contributed by atoms with Crippen molar-refractivity contribution in [3.63, 3.8) is 0 Å². The van der Waals surface area contributed by atoms with Gasteiger partial charge in [0, 0.05) is 27.9 Å². The Morgan fingerprint density at radius 1 is 0.806 bits per heavy atom. The quantitative estimate of drug-likeness (QED) is 0.221. The molecule has 0 aliphatic rings. The van der Waals surface area contributed by atoms with E-state index in [2.05, 4.69) is 46.9 Å². The zero-order valence-electron chi connectivity index (χ0n) is 22.1. The number of rotatable bonds is 6. The second kappa shape index (κ2) is 10.4. The summed E-state index contributed by atoms with van der Waals surface area (Å²) in [7, 11) is 1.68. The highest BCUT2D eigenvalue weighted by Crippen LogP contribution is 2.40. The summed E-state index contributed by atoms with van der Waals surface area (Å²) in [6.07, 6.45) is 3.31. The lowest BCUT2D eigenvalue weighted by molar-refractivity contribution is 0.102. The molecule has 0 unspecified atom stereocenters. The second-order valence-corrected chi connectivity index (χ2v) is 10.9. The molecule has 0 heterocycles. The molecule has 0 atom stereocenters. The van der Waals surface area contributed by atoms with Crippen LogP contribution in [-0.2, 0) is 10.8 Å². The summed E-state index contributed by atoms with van der Waals surface area (Å²) in [4.78, 5) is 25.7. The molecule has 3 aromatic carbocycles. The van der Waals surface area contributed by atoms with Gasteiger partial charge in [-0.1, -0.05) is 59.8 Å². The number of phenols is 1. The molecular formula is C31H35NO4. The van der Waals surface area contributed by atoms with Crippen LogP contribution in [0.25, 0.3) is 6.08 Å². The van der Waals surface area contributed by atoms with E-state index in [1.807, 2.05) is 12.1 Å². The monoisotopic (exact) mass is 485 g/mol. The average molecular weight is 486 g/mol. The number of nitrogens with one attached hydrogen (secondary N) is 1. The Morgan fingerprint density at radius 3 is 1.81 bits per heavy atom. The van der Waals surface area contributed by atoms with Crippen molar-refractivity contribution in [1.29, 1.82) is 0 Å². The number of ether oxygens (including phenoxy) is 1. The molecule has 0 radical (unpaired) electrons. The van der Waals surface area contributed by atoms with Crippen molar-refractivity contribution in [1.82, 2.24) is 0 Å². The molecule has 2 N–H and O–H groups in total. The summed E-state index contributed by atoms with van der Waals surface area (Å²) in [6.45, 7) is 12.7. The number of aromatic hydroxyl groups is 1. The van der Waals surface area contributed by atoms with E-state index >= 15 is 0 Å². The Morgan fingerprint density at radius 2 is 1.33 bits per heavy atom. The van der Waals surface area contributed by atoms with E-state index in [4.69, 9.17) is 4.74 Å². The van der Waals surface area contributed by atoms with Gasteiger partial charge in [0.05, 0.1) is 7.11 Å². The lowest BCUT2D eigenvalue weighted by atomic mass is 9.78. The third-order valence-corrected chi connectivity index (χ3v) is 5.92. The average Bonchev–Trinajstić information content (AvgIpc) is 2.82. The molecule has 3 aromatic rings. The van der Waals surface area contributed by atoms with Crippen molar-refractivity contribution in [2.24, 2.45) is 0 Å². The van der Waals surface area contributed by atoms with Crippen molar-refractivity contribution < 1.29 is 19.4 Å². The maximum atomic E-state index is 13.2. The Kier molecular flexibility index (Phi) is 7.73. The van der Waals surface area contributed by atoms with Gasteiger partial charge in [0.25, 0.3) is 5.91 Å². The fourth-order valence-corrected chi connectivity index (χ4v) is 3.87. The van der Waals surface area contributed by atoms with E-state index < -0.39 is 0 Å². The second-order valence-electron chi connectivity index (χ2n) is 10.9. The lowest BCUT2D eigenvalue weighted by Gasteiger charge is -2.29. The molecule has 0 saturated carbocycles. The maximum absolute atomic E-state index is 13.2. The minimum Gasteiger partial charge on any atom is -0.508 e. The standard InChI is InChI=1S/C31H35NO4/c1-30(2,3)25-18-22(19-26(28(25)36-7)31(4,5)6)27(34)17-10-20-8-11-21(12-9-20)29(35)32-23-13-15-24(33)16-14-23/h8-19,33H,1-7H3,(H,32,35). The molecule has 5 heteroatoms.